The van der Waals surface area contributed by atoms with Crippen molar-refractivity contribution in [3.63, 3.8) is 0 Å². The molecular weight excluding hydrogens is 258 g/mol. The van der Waals surface area contributed by atoms with Gasteiger partial charge < -0.3 is 11.1 Å². The number of nitro groups is 1. The minimum atomic E-state index is -0.576. The molecule has 0 saturated heterocycles. The molecule has 6 heteroatoms. The van der Waals surface area contributed by atoms with Gasteiger partial charge in [-0.05, 0) is 24.8 Å². The predicted octanol–water partition coefficient (Wildman–Crippen LogP) is 2.49. The molecule has 1 aromatic carbocycles. The lowest BCUT2D eigenvalue weighted by atomic mass is 10.1. The predicted molar refractivity (Wildman–Crippen MR) is 76.4 cm³/mol. The molecule has 0 aliphatic heterocycles. The van der Waals surface area contributed by atoms with E-state index < -0.39 is 4.92 Å². The number of nitrogens with zero attached hydrogens (tertiary/aromatic N) is 1. The van der Waals surface area contributed by atoms with Crippen LogP contribution < -0.4 is 11.1 Å². The summed E-state index contributed by atoms with van der Waals surface area (Å²) in [5.74, 6) is 0.376. The molecule has 0 heterocycles. The summed E-state index contributed by atoms with van der Waals surface area (Å²) in [7, 11) is 0. The Hall–Kier alpha value is -2.11. The van der Waals surface area contributed by atoms with Gasteiger partial charge in [-0.25, -0.2) is 0 Å². The minimum absolute atomic E-state index is 0.0729. The molecule has 2 rings (SSSR count). The van der Waals surface area contributed by atoms with Gasteiger partial charge >= 0.3 is 0 Å². The van der Waals surface area contributed by atoms with Crippen molar-refractivity contribution in [1.82, 2.24) is 5.32 Å². The van der Waals surface area contributed by atoms with E-state index >= 15 is 0 Å². The van der Waals surface area contributed by atoms with Crippen molar-refractivity contribution in [2.24, 2.45) is 5.92 Å². The second kappa shape index (κ2) is 5.90. The number of nitro benzene ring substituents is 1. The van der Waals surface area contributed by atoms with E-state index in [4.69, 9.17) is 5.73 Å². The van der Waals surface area contributed by atoms with Gasteiger partial charge in [0.15, 0.2) is 0 Å². The largest absolute Gasteiger partial charge is 0.393 e. The van der Waals surface area contributed by atoms with Crippen LogP contribution in [0.2, 0.25) is 0 Å². The molecule has 1 saturated carbocycles. The van der Waals surface area contributed by atoms with Crippen LogP contribution in [0.3, 0.4) is 0 Å². The monoisotopic (exact) mass is 277 g/mol. The normalized spacial score (nSPS) is 15.7. The summed E-state index contributed by atoms with van der Waals surface area (Å²) in [6.07, 6.45) is 4.27. The van der Waals surface area contributed by atoms with E-state index in [1.807, 2.05) is 6.92 Å². The molecule has 1 atom stereocenters. The molecule has 3 N–H and O–H groups in total. The van der Waals surface area contributed by atoms with Crippen molar-refractivity contribution < 1.29 is 9.72 Å². The average Bonchev–Trinajstić information content (AvgIpc) is 3.21. The minimum Gasteiger partial charge on any atom is -0.393 e. The van der Waals surface area contributed by atoms with Crippen LogP contribution in [0.5, 0.6) is 0 Å². The molecule has 0 spiro atoms. The van der Waals surface area contributed by atoms with Crippen molar-refractivity contribution >= 4 is 17.3 Å². The van der Waals surface area contributed by atoms with Gasteiger partial charge in [-0.1, -0.05) is 25.8 Å². The van der Waals surface area contributed by atoms with E-state index in [2.05, 4.69) is 5.32 Å². The molecule has 108 valence electrons. The van der Waals surface area contributed by atoms with E-state index in [9.17, 15) is 14.9 Å². The third-order valence-corrected chi connectivity index (χ3v) is 3.67. The number of benzene rings is 1. The van der Waals surface area contributed by atoms with Crippen molar-refractivity contribution in [3.8, 4) is 0 Å². The number of rotatable bonds is 6. The van der Waals surface area contributed by atoms with Gasteiger partial charge in [0.05, 0.1) is 10.5 Å². The number of para-hydroxylation sites is 1. The first-order valence-electron chi connectivity index (χ1n) is 6.86. The SMILES string of the molecule is CCC(CC1CC1)NC(=O)c1cccc([N+](=O)[O-])c1N. The van der Waals surface area contributed by atoms with Crippen molar-refractivity contribution in [2.45, 2.75) is 38.6 Å². The van der Waals surface area contributed by atoms with Gasteiger partial charge in [0.25, 0.3) is 11.6 Å². The number of amides is 1. The first-order chi connectivity index (χ1) is 9.52. The Morgan fingerprint density at radius 1 is 1.55 bits per heavy atom. The highest BCUT2D eigenvalue weighted by molar-refractivity contribution is 6.01. The maximum absolute atomic E-state index is 12.2. The number of carbonyl (C=O) groups excluding carboxylic acids is 1. The zero-order valence-corrected chi connectivity index (χ0v) is 11.5. The Kier molecular flexibility index (Phi) is 4.22. The Balaban J connectivity index is 2.11. The smallest absolute Gasteiger partial charge is 0.292 e. The number of nitrogens with two attached hydrogens (primary N) is 1. The Labute approximate surface area is 117 Å². The van der Waals surface area contributed by atoms with Gasteiger partial charge in [0, 0.05) is 12.1 Å². The number of hydrogen-bond acceptors (Lipinski definition) is 4. The summed E-state index contributed by atoms with van der Waals surface area (Å²) in [6.45, 7) is 2.02. The van der Waals surface area contributed by atoms with Gasteiger partial charge in [-0.2, -0.15) is 0 Å². The van der Waals surface area contributed by atoms with Crippen LogP contribution in [0.4, 0.5) is 11.4 Å². The molecule has 1 amide bonds. The molecule has 1 unspecified atom stereocenters. The van der Waals surface area contributed by atoms with Crippen LogP contribution in [0.15, 0.2) is 18.2 Å². The summed E-state index contributed by atoms with van der Waals surface area (Å²) in [4.78, 5) is 22.4. The molecule has 1 fully saturated rings. The zero-order chi connectivity index (χ0) is 14.7. The molecule has 1 aliphatic carbocycles. The highest BCUT2D eigenvalue weighted by Crippen LogP contribution is 2.34. The van der Waals surface area contributed by atoms with Crippen LogP contribution in [0.25, 0.3) is 0 Å². The van der Waals surface area contributed by atoms with Crippen LogP contribution in [-0.2, 0) is 0 Å². The van der Waals surface area contributed by atoms with Crippen LogP contribution in [0, 0.1) is 16.0 Å². The molecule has 0 bridgehead atoms. The average molecular weight is 277 g/mol. The molecular formula is C14H19N3O3. The number of hydrogen-bond donors (Lipinski definition) is 2. The number of nitrogens with one attached hydrogen (secondary N) is 1. The van der Waals surface area contributed by atoms with Crippen LogP contribution in [0.1, 0.15) is 43.0 Å². The Morgan fingerprint density at radius 3 is 2.80 bits per heavy atom. The standard InChI is InChI=1S/C14H19N3O3/c1-2-10(8-9-6-7-9)16-14(18)11-4-3-5-12(13(11)15)17(19)20/h3-5,9-10H,2,6-8,15H2,1H3,(H,16,18). The maximum Gasteiger partial charge on any atom is 0.292 e. The molecule has 0 radical (unpaired) electrons. The number of carbonyl (C=O) groups is 1. The van der Waals surface area contributed by atoms with E-state index in [0.29, 0.717) is 5.92 Å². The first-order valence-corrected chi connectivity index (χ1v) is 6.86. The maximum atomic E-state index is 12.2. The highest BCUT2D eigenvalue weighted by atomic mass is 16.6. The topological polar surface area (TPSA) is 98.3 Å². The molecule has 20 heavy (non-hydrogen) atoms. The summed E-state index contributed by atoms with van der Waals surface area (Å²) in [5, 5.41) is 13.7. The molecule has 0 aromatic heterocycles. The number of anilines is 1. The van der Waals surface area contributed by atoms with Crippen LogP contribution >= 0.6 is 0 Å². The van der Waals surface area contributed by atoms with Crippen molar-refractivity contribution in [2.75, 3.05) is 5.73 Å². The Bertz CT molecular complexity index is 526. The number of nitrogen functional groups attached to an aromatic ring is 1. The quantitative estimate of drug-likeness (QED) is 0.474. The van der Waals surface area contributed by atoms with Crippen molar-refractivity contribution in [1.29, 1.82) is 0 Å². The summed E-state index contributed by atoms with van der Waals surface area (Å²) >= 11 is 0. The lowest BCUT2D eigenvalue weighted by Crippen LogP contribution is -2.35. The van der Waals surface area contributed by atoms with Crippen LogP contribution in [-0.4, -0.2) is 16.9 Å². The molecule has 1 aliphatic rings. The summed E-state index contributed by atoms with van der Waals surface area (Å²) in [6, 6.07) is 4.40. The summed E-state index contributed by atoms with van der Waals surface area (Å²) in [5.41, 5.74) is 5.59. The molecule has 1 aromatic rings. The van der Waals surface area contributed by atoms with E-state index in [1.54, 1.807) is 0 Å². The fourth-order valence-corrected chi connectivity index (χ4v) is 2.26. The van der Waals surface area contributed by atoms with Gasteiger partial charge in [0.1, 0.15) is 5.69 Å². The highest BCUT2D eigenvalue weighted by Gasteiger charge is 2.26. The second-order valence-electron chi connectivity index (χ2n) is 5.25. The lowest BCUT2D eigenvalue weighted by Gasteiger charge is -2.17. The van der Waals surface area contributed by atoms with E-state index in [-0.39, 0.29) is 28.9 Å². The zero-order valence-electron chi connectivity index (χ0n) is 11.5. The van der Waals surface area contributed by atoms with Gasteiger partial charge in [0.2, 0.25) is 0 Å². The fourth-order valence-electron chi connectivity index (χ4n) is 2.26. The summed E-state index contributed by atoms with van der Waals surface area (Å²) < 4.78 is 0. The molecule has 6 nitrogen and oxygen atoms in total. The van der Waals surface area contributed by atoms with Crippen molar-refractivity contribution in [3.05, 3.63) is 33.9 Å². The Morgan fingerprint density at radius 2 is 2.25 bits per heavy atom. The van der Waals surface area contributed by atoms with Gasteiger partial charge in [-0.3, -0.25) is 14.9 Å². The van der Waals surface area contributed by atoms with Gasteiger partial charge in [-0.15, -0.1) is 0 Å². The third-order valence-electron chi connectivity index (χ3n) is 3.67. The van der Waals surface area contributed by atoms with E-state index in [1.165, 1.54) is 31.0 Å². The third kappa shape index (κ3) is 3.26. The lowest BCUT2D eigenvalue weighted by molar-refractivity contribution is -0.383. The second-order valence-corrected chi connectivity index (χ2v) is 5.25. The first kappa shape index (κ1) is 14.3. The fraction of sp³-hybridized carbons (Fsp3) is 0.500. The van der Waals surface area contributed by atoms with E-state index in [0.717, 1.165) is 12.8 Å².